The van der Waals surface area contributed by atoms with E-state index in [0.717, 1.165) is 5.56 Å². The Morgan fingerprint density at radius 2 is 2.17 bits per heavy atom. The largest absolute Gasteiger partial charge is 0.322 e. The lowest BCUT2D eigenvalue weighted by Gasteiger charge is -2.06. The highest BCUT2D eigenvalue weighted by molar-refractivity contribution is 6.31. The molecule has 0 unspecified atom stereocenters. The van der Waals surface area contributed by atoms with Gasteiger partial charge in [0.1, 0.15) is 11.5 Å². The fourth-order valence-corrected chi connectivity index (χ4v) is 2.43. The third-order valence-electron chi connectivity index (χ3n) is 3.37. The van der Waals surface area contributed by atoms with Crippen molar-refractivity contribution < 1.29 is 9.18 Å². The van der Waals surface area contributed by atoms with Crippen molar-refractivity contribution >= 4 is 34.9 Å². The van der Waals surface area contributed by atoms with Gasteiger partial charge in [-0.2, -0.15) is 0 Å². The van der Waals surface area contributed by atoms with E-state index in [2.05, 4.69) is 10.3 Å². The van der Waals surface area contributed by atoms with Gasteiger partial charge < -0.3 is 5.32 Å². The molecule has 4 nitrogen and oxygen atoms in total. The quantitative estimate of drug-likeness (QED) is 0.736. The number of hydrogen-bond acceptors (Lipinski definition) is 2. The van der Waals surface area contributed by atoms with Crippen molar-refractivity contribution in [1.82, 2.24) is 9.38 Å². The van der Waals surface area contributed by atoms with Crippen LogP contribution >= 0.6 is 11.6 Å². The molecule has 1 N–H and O–H groups in total. The van der Waals surface area contributed by atoms with Gasteiger partial charge in [0.2, 0.25) is 5.91 Å². The summed E-state index contributed by atoms with van der Waals surface area (Å²) in [6.45, 7) is 1.79. The molecule has 0 atom stereocenters. The van der Waals surface area contributed by atoms with Gasteiger partial charge in [0.25, 0.3) is 0 Å². The standard InChI is InChI=1S/C17H13ClFN3O/c1-11-5-6-12(19)10-13(11)20-16(23)8-7-14-17(18)21-15-4-2-3-9-22(14)15/h2-10H,1H3,(H,20,23). The number of anilines is 1. The van der Waals surface area contributed by atoms with Crippen molar-refractivity contribution in [3.05, 3.63) is 70.9 Å². The van der Waals surface area contributed by atoms with E-state index in [9.17, 15) is 9.18 Å². The van der Waals surface area contributed by atoms with Crippen molar-refractivity contribution in [3.8, 4) is 0 Å². The maximum atomic E-state index is 13.2. The molecule has 1 aromatic carbocycles. The highest BCUT2D eigenvalue weighted by Gasteiger charge is 2.08. The van der Waals surface area contributed by atoms with E-state index in [1.54, 1.807) is 23.5 Å². The Labute approximate surface area is 137 Å². The first-order chi connectivity index (χ1) is 11.0. The zero-order valence-electron chi connectivity index (χ0n) is 12.3. The summed E-state index contributed by atoms with van der Waals surface area (Å²) in [5.74, 6) is -0.777. The van der Waals surface area contributed by atoms with Crippen LogP contribution in [0.2, 0.25) is 5.15 Å². The van der Waals surface area contributed by atoms with E-state index < -0.39 is 5.82 Å². The zero-order valence-corrected chi connectivity index (χ0v) is 13.0. The minimum atomic E-state index is -0.403. The number of amides is 1. The fourth-order valence-electron chi connectivity index (χ4n) is 2.19. The molecule has 0 bridgehead atoms. The van der Waals surface area contributed by atoms with Gasteiger partial charge in [-0.15, -0.1) is 0 Å². The lowest BCUT2D eigenvalue weighted by molar-refractivity contribution is -0.111. The molecule has 116 valence electrons. The van der Waals surface area contributed by atoms with Gasteiger partial charge in [0.05, 0.1) is 5.69 Å². The van der Waals surface area contributed by atoms with Gasteiger partial charge in [0.15, 0.2) is 5.15 Å². The predicted molar refractivity (Wildman–Crippen MR) is 89.0 cm³/mol. The number of imidazole rings is 1. The number of aromatic nitrogens is 2. The Balaban J connectivity index is 1.83. The summed E-state index contributed by atoms with van der Waals surface area (Å²) in [6.07, 6.45) is 4.72. The Bertz CT molecular complexity index is 917. The van der Waals surface area contributed by atoms with Crippen LogP contribution in [-0.4, -0.2) is 15.3 Å². The van der Waals surface area contributed by atoms with Crippen LogP contribution in [0.4, 0.5) is 10.1 Å². The van der Waals surface area contributed by atoms with Crippen molar-refractivity contribution in [1.29, 1.82) is 0 Å². The third kappa shape index (κ3) is 3.24. The molecule has 0 spiro atoms. The predicted octanol–water partition coefficient (Wildman–Crippen LogP) is 4.09. The van der Waals surface area contributed by atoms with Gasteiger partial charge in [0, 0.05) is 18.0 Å². The molecule has 0 aliphatic heterocycles. The fraction of sp³-hybridized carbons (Fsp3) is 0.0588. The topological polar surface area (TPSA) is 46.4 Å². The molecule has 0 aliphatic carbocycles. The monoisotopic (exact) mass is 329 g/mol. The Morgan fingerprint density at radius 1 is 1.35 bits per heavy atom. The molecule has 0 fully saturated rings. The SMILES string of the molecule is Cc1ccc(F)cc1NC(=O)C=Cc1c(Cl)nc2ccccn12. The number of aryl methyl sites for hydroxylation is 1. The molecule has 2 aromatic heterocycles. The number of pyridine rings is 1. The number of nitrogens with one attached hydrogen (secondary N) is 1. The number of carbonyl (C=O) groups is 1. The smallest absolute Gasteiger partial charge is 0.248 e. The third-order valence-corrected chi connectivity index (χ3v) is 3.65. The minimum Gasteiger partial charge on any atom is -0.322 e. The van der Waals surface area contributed by atoms with Gasteiger partial charge >= 0.3 is 0 Å². The minimum absolute atomic E-state index is 0.308. The summed E-state index contributed by atoms with van der Waals surface area (Å²) >= 11 is 6.09. The highest BCUT2D eigenvalue weighted by atomic mass is 35.5. The molecule has 23 heavy (non-hydrogen) atoms. The van der Waals surface area contributed by atoms with Gasteiger partial charge in [-0.25, -0.2) is 9.37 Å². The van der Waals surface area contributed by atoms with Crippen LogP contribution in [0, 0.1) is 12.7 Å². The van der Waals surface area contributed by atoms with E-state index in [4.69, 9.17) is 11.6 Å². The molecule has 0 radical (unpaired) electrons. The molecular formula is C17H13ClFN3O. The van der Waals surface area contributed by atoms with E-state index in [1.165, 1.54) is 18.2 Å². The second-order valence-electron chi connectivity index (χ2n) is 5.00. The van der Waals surface area contributed by atoms with Gasteiger partial charge in [-0.05, 0) is 42.8 Å². The van der Waals surface area contributed by atoms with Crippen LogP contribution in [0.1, 0.15) is 11.3 Å². The van der Waals surface area contributed by atoms with Crippen molar-refractivity contribution in [2.75, 3.05) is 5.32 Å². The molecule has 0 aliphatic rings. The summed E-state index contributed by atoms with van der Waals surface area (Å²) in [4.78, 5) is 16.2. The Kier molecular flexibility index (Phi) is 4.12. The normalized spacial score (nSPS) is 11.3. The summed E-state index contributed by atoms with van der Waals surface area (Å²) < 4.78 is 15.0. The molecule has 1 amide bonds. The van der Waals surface area contributed by atoms with Crippen LogP contribution in [0.3, 0.4) is 0 Å². The number of carbonyl (C=O) groups excluding carboxylic acids is 1. The number of nitrogens with zero attached hydrogens (tertiary/aromatic N) is 2. The first-order valence-electron chi connectivity index (χ1n) is 6.92. The Hall–Kier alpha value is -2.66. The first kappa shape index (κ1) is 15.2. The molecule has 6 heteroatoms. The summed E-state index contributed by atoms with van der Waals surface area (Å²) in [6, 6.07) is 9.75. The van der Waals surface area contributed by atoms with Crippen LogP contribution < -0.4 is 5.32 Å². The van der Waals surface area contributed by atoms with E-state index in [-0.39, 0.29) is 5.91 Å². The van der Waals surface area contributed by atoms with Crippen molar-refractivity contribution in [2.45, 2.75) is 6.92 Å². The molecule has 0 saturated carbocycles. The Morgan fingerprint density at radius 3 is 3.00 bits per heavy atom. The van der Waals surface area contributed by atoms with Crippen LogP contribution in [0.25, 0.3) is 11.7 Å². The maximum absolute atomic E-state index is 13.2. The number of hydrogen-bond donors (Lipinski definition) is 1. The number of halogens is 2. The van der Waals surface area contributed by atoms with Gasteiger partial charge in [-0.1, -0.05) is 23.7 Å². The van der Waals surface area contributed by atoms with Crippen molar-refractivity contribution in [3.63, 3.8) is 0 Å². The molecule has 3 rings (SSSR count). The average Bonchev–Trinajstić information content (AvgIpc) is 2.84. The molecule has 2 heterocycles. The maximum Gasteiger partial charge on any atom is 0.248 e. The van der Waals surface area contributed by atoms with Crippen LogP contribution in [0.15, 0.2) is 48.7 Å². The second-order valence-corrected chi connectivity index (χ2v) is 5.36. The molecule has 0 saturated heterocycles. The van der Waals surface area contributed by atoms with Crippen LogP contribution in [0.5, 0.6) is 0 Å². The molecular weight excluding hydrogens is 317 g/mol. The van der Waals surface area contributed by atoms with E-state index in [1.807, 2.05) is 24.4 Å². The first-order valence-corrected chi connectivity index (χ1v) is 7.30. The highest BCUT2D eigenvalue weighted by Crippen LogP contribution is 2.19. The number of fused-ring (bicyclic) bond motifs is 1. The summed E-state index contributed by atoms with van der Waals surface area (Å²) in [5, 5.41) is 2.95. The van der Waals surface area contributed by atoms with Gasteiger partial charge in [-0.3, -0.25) is 9.20 Å². The molecule has 3 aromatic rings. The van der Waals surface area contributed by atoms with E-state index in [0.29, 0.717) is 22.2 Å². The second kappa shape index (κ2) is 6.22. The average molecular weight is 330 g/mol. The van der Waals surface area contributed by atoms with Crippen molar-refractivity contribution in [2.24, 2.45) is 0 Å². The summed E-state index contributed by atoms with van der Waals surface area (Å²) in [7, 11) is 0. The van der Waals surface area contributed by atoms with Crippen LogP contribution in [-0.2, 0) is 4.79 Å². The summed E-state index contributed by atoms with van der Waals surface area (Å²) in [5.41, 5.74) is 2.51. The zero-order chi connectivity index (χ0) is 16.4. The lowest BCUT2D eigenvalue weighted by Crippen LogP contribution is -2.09. The van der Waals surface area contributed by atoms with E-state index >= 15 is 0 Å². The lowest BCUT2D eigenvalue weighted by atomic mass is 10.2. The number of rotatable bonds is 3. The number of benzene rings is 1.